The average molecular weight is 366 g/mol. The molecule has 1 aliphatic carbocycles. The van der Waals surface area contributed by atoms with E-state index in [2.05, 4.69) is 20.9 Å². The van der Waals surface area contributed by atoms with E-state index in [1.807, 2.05) is 25.1 Å². The fraction of sp³-hybridized carbons (Fsp3) is 0.200. The molecule has 1 aromatic carbocycles. The van der Waals surface area contributed by atoms with Crippen LogP contribution >= 0.6 is 27.3 Å². The first-order valence-corrected chi connectivity index (χ1v) is 7.99. The van der Waals surface area contributed by atoms with Crippen molar-refractivity contribution >= 4 is 37.5 Å². The van der Waals surface area contributed by atoms with E-state index in [1.165, 1.54) is 11.3 Å². The predicted octanol–water partition coefficient (Wildman–Crippen LogP) is 3.93. The lowest BCUT2D eigenvalue weighted by atomic mass is 10.2. The van der Waals surface area contributed by atoms with Gasteiger partial charge >= 0.3 is 0 Å². The third-order valence-corrected chi connectivity index (χ3v) is 5.23. The summed E-state index contributed by atoms with van der Waals surface area (Å²) in [6, 6.07) is 7.39. The molecular weight excluding hydrogens is 354 g/mol. The number of hydrogen-bond donors (Lipinski definition) is 0. The second-order valence-electron chi connectivity index (χ2n) is 4.35. The smallest absolute Gasteiger partial charge is 0.236 e. The van der Waals surface area contributed by atoms with Gasteiger partial charge in [-0.15, -0.1) is 11.3 Å². The number of ether oxygens (including phenoxy) is 2. The third kappa shape index (κ3) is 2.49. The number of methoxy groups -OCH3 is 1. The summed E-state index contributed by atoms with van der Waals surface area (Å²) < 4.78 is 12.1. The van der Waals surface area contributed by atoms with E-state index in [0.717, 1.165) is 26.5 Å². The van der Waals surface area contributed by atoms with Crippen LogP contribution in [0, 0.1) is 0 Å². The summed E-state index contributed by atoms with van der Waals surface area (Å²) in [4.78, 5) is 17.6. The molecule has 0 saturated heterocycles. The molecular formula is C15H12BrNO3S. The van der Waals surface area contributed by atoms with E-state index in [9.17, 15) is 4.79 Å². The Morgan fingerprint density at radius 1 is 1.33 bits per heavy atom. The molecule has 108 valence electrons. The minimum absolute atomic E-state index is 0.148. The summed E-state index contributed by atoms with van der Waals surface area (Å²) in [5, 5.41) is 0. The van der Waals surface area contributed by atoms with Crippen LogP contribution in [0.2, 0.25) is 0 Å². The molecule has 0 saturated carbocycles. The van der Waals surface area contributed by atoms with E-state index in [0.29, 0.717) is 16.8 Å². The van der Waals surface area contributed by atoms with Gasteiger partial charge in [0.15, 0.2) is 5.75 Å². The number of halogens is 1. The Kier molecular flexibility index (Phi) is 3.82. The van der Waals surface area contributed by atoms with Gasteiger partial charge in [0.1, 0.15) is 5.75 Å². The Bertz CT molecular complexity index is 846. The van der Waals surface area contributed by atoms with Gasteiger partial charge in [0.2, 0.25) is 5.43 Å². The van der Waals surface area contributed by atoms with E-state index < -0.39 is 0 Å². The summed E-state index contributed by atoms with van der Waals surface area (Å²) >= 11 is 4.87. The fourth-order valence-corrected chi connectivity index (χ4v) is 3.70. The molecule has 21 heavy (non-hydrogen) atoms. The van der Waals surface area contributed by atoms with Crippen molar-refractivity contribution in [1.29, 1.82) is 0 Å². The second kappa shape index (κ2) is 5.61. The predicted molar refractivity (Wildman–Crippen MR) is 87.9 cm³/mol. The van der Waals surface area contributed by atoms with E-state index >= 15 is 0 Å². The monoisotopic (exact) mass is 365 g/mol. The van der Waals surface area contributed by atoms with E-state index in [-0.39, 0.29) is 5.43 Å². The number of benzene rings is 2. The molecule has 3 rings (SSSR count). The lowest BCUT2D eigenvalue weighted by molar-refractivity contribution is 0.337. The van der Waals surface area contributed by atoms with Crippen molar-refractivity contribution in [3.63, 3.8) is 0 Å². The Labute approximate surface area is 133 Å². The van der Waals surface area contributed by atoms with Crippen LogP contribution in [0.4, 0.5) is 0 Å². The molecule has 0 N–H and O–H groups in total. The average Bonchev–Trinajstić information content (AvgIpc) is 2.50. The van der Waals surface area contributed by atoms with Crippen molar-refractivity contribution in [2.24, 2.45) is 0 Å². The summed E-state index contributed by atoms with van der Waals surface area (Å²) in [5.41, 5.74) is 1.46. The topological polar surface area (TPSA) is 48.4 Å². The Morgan fingerprint density at radius 3 is 2.86 bits per heavy atom. The first kappa shape index (κ1) is 14.3. The van der Waals surface area contributed by atoms with Gasteiger partial charge < -0.3 is 9.47 Å². The molecule has 6 heteroatoms. The second-order valence-corrected chi connectivity index (χ2v) is 6.19. The van der Waals surface area contributed by atoms with Gasteiger partial charge in [-0.3, -0.25) is 4.79 Å². The summed E-state index contributed by atoms with van der Waals surface area (Å²) in [5.74, 6) is 1.09. The number of nitrogens with zero attached hydrogens (tertiary/aromatic N) is 1. The maximum Gasteiger partial charge on any atom is 0.236 e. The summed E-state index contributed by atoms with van der Waals surface area (Å²) in [7, 11) is 1.63. The normalized spacial score (nSPS) is 11.0. The minimum Gasteiger partial charge on any atom is -0.497 e. The number of hydrogen-bond acceptors (Lipinski definition) is 5. The van der Waals surface area contributed by atoms with Crippen LogP contribution in [0.5, 0.6) is 11.5 Å². The Hall–Kier alpha value is -1.66. The zero-order chi connectivity index (χ0) is 15.0. The Morgan fingerprint density at radius 2 is 2.14 bits per heavy atom. The van der Waals surface area contributed by atoms with Gasteiger partial charge in [-0.2, -0.15) is 0 Å². The molecule has 0 spiro atoms. The van der Waals surface area contributed by atoms with Crippen LogP contribution in [0.3, 0.4) is 0 Å². The number of rotatable bonds is 3. The van der Waals surface area contributed by atoms with Crippen molar-refractivity contribution in [2.75, 3.05) is 13.7 Å². The van der Waals surface area contributed by atoms with Crippen molar-refractivity contribution in [2.45, 2.75) is 6.92 Å². The highest BCUT2D eigenvalue weighted by atomic mass is 79.9. The minimum atomic E-state index is -0.148. The first-order chi connectivity index (χ1) is 10.1. The molecule has 4 nitrogen and oxygen atoms in total. The van der Waals surface area contributed by atoms with Gasteiger partial charge in [-0.05, 0) is 41.1 Å². The number of fused-ring (bicyclic) bond motifs is 2. The largest absolute Gasteiger partial charge is 0.497 e. The van der Waals surface area contributed by atoms with Crippen molar-refractivity contribution in [3.05, 3.63) is 39.0 Å². The lowest BCUT2D eigenvalue weighted by Crippen LogP contribution is -2.10. The lowest BCUT2D eigenvalue weighted by Gasteiger charge is -2.11. The van der Waals surface area contributed by atoms with Crippen LogP contribution in [0.1, 0.15) is 6.92 Å². The first-order valence-electron chi connectivity index (χ1n) is 6.38. The molecule has 0 radical (unpaired) electrons. The molecule has 0 amide bonds. The van der Waals surface area contributed by atoms with Gasteiger partial charge in [0.25, 0.3) is 0 Å². The molecule has 1 heterocycles. The van der Waals surface area contributed by atoms with Crippen LogP contribution in [0.25, 0.3) is 20.8 Å². The van der Waals surface area contributed by atoms with Gasteiger partial charge in [-0.1, -0.05) is 0 Å². The zero-order valence-electron chi connectivity index (χ0n) is 11.5. The fourth-order valence-electron chi connectivity index (χ4n) is 2.06. The van der Waals surface area contributed by atoms with Crippen molar-refractivity contribution in [1.82, 2.24) is 4.98 Å². The zero-order valence-corrected chi connectivity index (χ0v) is 13.9. The quantitative estimate of drug-likeness (QED) is 0.659. The standard InChI is InChI=1S/C15H12BrNO3S/c1-3-20-11-7-10-15(13(16)14(11)18)21-12-6-8(19-2)4-5-9(12)17-10/h4-7H,3H2,1-2H3. The van der Waals surface area contributed by atoms with Crippen LogP contribution in [0.15, 0.2) is 33.5 Å². The molecule has 1 aromatic rings. The molecule has 0 aromatic heterocycles. The van der Waals surface area contributed by atoms with Crippen LogP contribution in [-0.2, 0) is 0 Å². The maximum absolute atomic E-state index is 12.2. The van der Waals surface area contributed by atoms with Crippen LogP contribution in [-0.4, -0.2) is 18.7 Å². The molecule has 1 aliphatic heterocycles. The highest BCUT2D eigenvalue weighted by Crippen LogP contribution is 2.37. The molecule has 0 atom stereocenters. The molecule has 0 fully saturated rings. The third-order valence-electron chi connectivity index (χ3n) is 3.04. The van der Waals surface area contributed by atoms with E-state index in [1.54, 1.807) is 13.2 Å². The van der Waals surface area contributed by atoms with Gasteiger partial charge in [0.05, 0.1) is 39.0 Å². The molecule has 0 unspecified atom stereocenters. The SMILES string of the molecule is CCOc1cc2nc3ccc(OC)cc3sc-2c(Br)c1=O. The Balaban J connectivity index is 2.33. The summed E-state index contributed by atoms with van der Waals surface area (Å²) in [6.07, 6.45) is 0. The van der Waals surface area contributed by atoms with Crippen molar-refractivity contribution < 1.29 is 9.47 Å². The highest BCUT2D eigenvalue weighted by molar-refractivity contribution is 9.10. The van der Waals surface area contributed by atoms with Crippen LogP contribution < -0.4 is 14.9 Å². The van der Waals surface area contributed by atoms with E-state index in [4.69, 9.17) is 9.47 Å². The molecule has 2 aliphatic rings. The van der Waals surface area contributed by atoms with Crippen molar-refractivity contribution in [3.8, 4) is 22.1 Å². The number of aromatic nitrogens is 1. The molecule has 0 bridgehead atoms. The van der Waals surface area contributed by atoms with Gasteiger partial charge in [0, 0.05) is 6.07 Å². The van der Waals surface area contributed by atoms with Gasteiger partial charge in [-0.25, -0.2) is 4.98 Å². The highest BCUT2D eigenvalue weighted by Gasteiger charge is 2.18. The summed E-state index contributed by atoms with van der Waals surface area (Å²) in [6.45, 7) is 2.29. The maximum atomic E-state index is 12.2.